The van der Waals surface area contributed by atoms with Crippen molar-refractivity contribution in [2.24, 2.45) is 0 Å². The lowest BCUT2D eigenvalue weighted by molar-refractivity contribution is 0.122. The summed E-state index contributed by atoms with van der Waals surface area (Å²) in [5.41, 5.74) is 2.46. The molecule has 0 aliphatic carbocycles. The van der Waals surface area contributed by atoms with Crippen LogP contribution in [-0.4, -0.2) is 36.1 Å². The smallest absolute Gasteiger partial charge is 0.151 e. The van der Waals surface area contributed by atoms with E-state index in [1.807, 2.05) is 10.9 Å². The zero-order chi connectivity index (χ0) is 13.1. The van der Waals surface area contributed by atoms with Crippen LogP contribution in [0.5, 0.6) is 0 Å². The first-order chi connectivity index (χ1) is 9.36. The van der Waals surface area contributed by atoms with Crippen molar-refractivity contribution in [3.8, 4) is 5.69 Å². The molecule has 0 spiro atoms. The Morgan fingerprint density at radius 1 is 1.11 bits per heavy atom. The first-order valence-corrected chi connectivity index (χ1v) is 6.84. The van der Waals surface area contributed by atoms with Crippen LogP contribution in [0.2, 0.25) is 0 Å². The highest BCUT2D eigenvalue weighted by atomic mass is 16.5. The Hall–Kier alpha value is -1.81. The molecule has 1 aliphatic rings. The third-order valence-corrected chi connectivity index (χ3v) is 3.52. The Bertz CT molecular complexity index is 527. The quantitative estimate of drug-likeness (QED) is 0.845. The topological polar surface area (TPSA) is 30.3 Å². The number of nitrogens with zero attached hydrogens (tertiary/aromatic N) is 3. The number of hydrogen-bond donors (Lipinski definition) is 0. The molecule has 1 aliphatic heterocycles. The summed E-state index contributed by atoms with van der Waals surface area (Å²) in [7, 11) is 0. The Labute approximate surface area is 113 Å². The van der Waals surface area contributed by atoms with Gasteiger partial charge >= 0.3 is 0 Å². The van der Waals surface area contributed by atoms with Gasteiger partial charge in [0.05, 0.1) is 18.9 Å². The summed E-state index contributed by atoms with van der Waals surface area (Å²) in [6.45, 7) is 5.59. The standard InChI is InChI=1S/C15H19N3O/c1-2-13-3-5-14(6-4-13)18-8-7-15(16-18)17-9-11-19-12-10-17/h3-8H,2,9-12H2,1H3. The fraction of sp³-hybridized carbons (Fsp3) is 0.400. The fourth-order valence-corrected chi connectivity index (χ4v) is 2.30. The van der Waals surface area contributed by atoms with Gasteiger partial charge in [-0.3, -0.25) is 0 Å². The van der Waals surface area contributed by atoms with Crippen molar-refractivity contribution in [2.45, 2.75) is 13.3 Å². The van der Waals surface area contributed by atoms with Crippen molar-refractivity contribution in [2.75, 3.05) is 31.2 Å². The molecule has 0 atom stereocenters. The molecule has 2 aromatic rings. The van der Waals surface area contributed by atoms with Crippen LogP contribution < -0.4 is 4.90 Å². The number of anilines is 1. The third kappa shape index (κ3) is 2.63. The van der Waals surface area contributed by atoms with Gasteiger partial charge < -0.3 is 9.64 Å². The van der Waals surface area contributed by atoms with E-state index in [9.17, 15) is 0 Å². The van der Waals surface area contributed by atoms with Crippen molar-refractivity contribution in [3.63, 3.8) is 0 Å². The molecular formula is C15H19N3O. The van der Waals surface area contributed by atoms with E-state index in [1.54, 1.807) is 0 Å². The molecule has 0 saturated carbocycles. The second kappa shape index (κ2) is 5.45. The van der Waals surface area contributed by atoms with Crippen LogP contribution >= 0.6 is 0 Å². The van der Waals surface area contributed by atoms with E-state index in [0.717, 1.165) is 44.2 Å². The van der Waals surface area contributed by atoms with E-state index in [0.29, 0.717) is 0 Å². The van der Waals surface area contributed by atoms with Crippen molar-refractivity contribution in [1.82, 2.24) is 9.78 Å². The zero-order valence-corrected chi connectivity index (χ0v) is 11.2. The Morgan fingerprint density at radius 3 is 2.53 bits per heavy atom. The van der Waals surface area contributed by atoms with Crippen LogP contribution in [0.15, 0.2) is 36.5 Å². The Morgan fingerprint density at radius 2 is 1.84 bits per heavy atom. The summed E-state index contributed by atoms with van der Waals surface area (Å²) in [5.74, 6) is 1.03. The monoisotopic (exact) mass is 257 g/mol. The van der Waals surface area contributed by atoms with Crippen LogP contribution in [0.3, 0.4) is 0 Å². The first-order valence-electron chi connectivity index (χ1n) is 6.84. The minimum Gasteiger partial charge on any atom is -0.378 e. The summed E-state index contributed by atoms with van der Waals surface area (Å²) >= 11 is 0. The van der Waals surface area contributed by atoms with Gasteiger partial charge in [-0.15, -0.1) is 0 Å². The highest BCUT2D eigenvalue weighted by molar-refractivity contribution is 5.41. The van der Waals surface area contributed by atoms with E-state index >= 15 is 0 Å². The first kappa shape index (κ1) is 12.2. The number of aryl methyl sites for hydroxylation is 1. The Balaban J connectivity index is 1.79. The molecule has 19 heavy (non-hydrogen) atoms. The van der Waals surface area contributed by atoms with E-state index < -0.39 is 0 Å². The van der Waals surface area contributed by atoms with E-state index in [1.165, 1.54) is 5.56 Å². The minimum atomic E-state index is 0.790. The van der Waals surface area contributed by atoms with Crippen molar-refractivity contribution < 1.29 is 4.74 Å². The molecule has 0 N–H and O–H groups in total. The second-order valence-electron chi connectivity index (χ2n) is 4.74. The van der Waals surface area contributed by atoms with Crippen LogP contribution in [0, 0.1) is 0 Å². The molecule has 0 bridgehead atoms. The van der Waals surface area contributed by atoms with Gasteiger partial charge in [0.2, 0.25) is 0 Å². The number of ether oxygens (including phenoxy) is 1. The number of morpholine rings is 1. The maximum Gasteiger partial charge on any atom is 0.151 e. The van der Waals surface area contributed by atoms with E-state index in [2.05, 4.69) is 47.3 Å². The van der Waals surface area contributed by atoms with Gasteiger partial charge in [0, 0.05) is 25.4 Å². The molecule has 1 aromatic carbocycles. The van der Waals surface area contributed by atoms with Crippen LogP contribution in [0.4, 0.5) is 5.82 Å². The van der Waals surface area contributed by atoms with E-state index in [-0.39, 0.29) is 0 Å². The normalized spacial score (nSPS) is 15.7. The second-order valence-corrected chi connectivity index (χ2v) is 4.74. The Kier molecular flexibility index (Phi) is 3.51. The lowest BCUT2D eigenvalue weighted by atomic mass is 10.1. The van der Waals surface area contributed by atoms with E-state index in [4.69, 9.17) is 4.74 Å². The van der Waals surface area contributed by atoms with Gasteiger partial charge in [0.1, 0.15) is 0 Å². The molecule has 1 fully saturated rings. The molecule has 100 valence electrons. The predicted octanol–water partition coefficient (Wildman–Crippen LogP) is 2.27. The van der Waals surface area contributed by atoms with Crippen molar-refractivity contribution in [3.05, 3.63) is 42.1 Å². The zero-order valence-electron chi connectivity index (χ0n) is 11.2. The van der Waals surface area contributed by atoms with Crippen LogP contribution in [0.25, 0.3) is 5.69 Å². The summed E-state index contributed by atoms with van der Waals surface area (Å²) in [6, 6.07) is 10.6. The lowest BCUT2D eigenvalue weighted by Gasteiger charge is -2.26. The van der Waals surface area contributed by atoms with Gasteiger partial charge in [-0.2, -0.15) is 5.10 Å². The summed E-state index contributed by atoms with van der Waals surface area (Å²) in [5, 5.41) is 4.65. The van der Waals surface area contributed by atoms with Gasteiger partial charge in [0.25, 0.3) is 0 Å². The number of benzene rings is 1. The molecule has 1 aromatic heterocycles. The summed E-state index contributed by atoms with van der Waals surface area (Å²) in [6.07, 6.45) is 3.09. The maximum absolute atomic E-state index is 5.36. The van der Waals surface area contributed by atoms with Gasteiger partial charge in [-0.25, -0.2) is 4.68 Å². The average molecular weight is 257 g/mol. The van der Waals surface area contributed by atoms with Gasteiger partial charge in [0.15, 0.2) is 5.82 Å². The highest BCUT2D eigenvalue weighted by Gasteiger charge is 2.13. The number of hydrogen-bond acceptors (Lipinski definition) is 3. The van der Waals surface area contributed by atoms with Crippen molar-refractivity contribution in [1.29, 1.82) is 0 Å². The molecule has 0 radical (unpaired) electrons. The molecule has 4 nitrogen and oxygen atoms in total. The predicted molar refractivity (Wildman–Crippen MR) is 76.0 cm³/mol. The molecule has 0 unspecified atom stereocenters. The maximum atomic E-state index is 5.36. The average Bonchev–Trinajstić information content (AvgIpc) is 2.98. The molecule has 2 heterocycles. The summed E-state index contributed by atoms with van der Waals surface area (Å²) in [4.78, 5) is 2.26. The summed E-state index contributed by atoms with van der Waals surface area (Å²) < 4.78 is 7.30. The van der Waals surface area contributed by atoms with Gasteiger partial charge in [-0.05, 0) is 24.1 Å². The molecule has 3 rings (SSSR count). The highest BCUT2D eigenvalue weighted by Crippen LogP contribution is 2.16. The fourth-order valence-electron chi connectivity index (χ4n) is 2.30. The third-order valence-electron chi connectivity index (χ3n) is 3.52. The number of aromatic nitrogens is 2. The van der Waals surface area contributed by atoms with Crippen LogP contribution in [-0.2, 0) is 11.2 Å². The largest absolute Gasteiger partial charge is 0.378 e. The van der Waals surface area contributed by atoms with Crippen molar-refractivity contribution >= 4 is 5.82 Å². The molecule has 0 amide bonds. The number of rotatable bonds is 3. The lowest BCUT2D eigenvalue weighted by Crippen LogP contribution is -2.36. The van der Waals surface area contributed by atoms with Crippen LogP contribution in [0.1, 0.15) is 12.5 Å². The molecule has 1 saturated heterocycles. The molecule has 4 heteroatoms. The van der Waals surface area contributed by atoms with Gasteiger partial charge in [-0.1, -0.05) is 19.1 Å². The molecular weight excluding hydrogens is 238 g/mol. The SMILES string of the molecule is CCc1ccc(-n2ccc(N3CCOCC3)n2)cc1. The minimum absolute atomic E-state index is 0.790.